The lowest BCUT2D eigenvalue weighted by atomic mass is 9.95. The normalized spacial score (nSPS) is 16.7. The number of carbonyl (C=O) groups excluding carboxylic acids is 2. The van der Waals surface area contributed by atoms with Gasteiger partial charge in [-0.1, -0.05) is 42.5 Å². The zero-order valence-electron chi connectivity index (χ0n) is 20.9. The van der Waals surface area contributed by atoms with Crippen molar-refractivity contribution in [1.29, 1.82) is 0 Å². The fourth-order valence-electron chi connectivity index (χ4n) is 4.68. The van der Waals surface area contributed by atoms with Crippen molar-refractivity contribution in [2.24, 2.45) is 5.92 Å². The number of carbonyl (C=O) groups is 2. The molecule has 0 aliphatic carbocycles. The summed E-state index contributed by atoms with van der Waals surface area (Å²) in [7, 11) is 1.61. The second-order valence-corrected chi connectivity index (χ2v) is 9.42. The van der Waals surface area contributed by atoms with Gasteiger partial charge in [-0.05, 0) is 68.1 Å². The Morgan fingerprint density at radius 1 is 1.00 bits per heavy atom. The highest BCUT2D eigenvalue weighted by atomic mass is 16.5. The highest BCUT2D eigenvalue weighted by molar-refractivity contribution is 6.07. The van der Waals surface area contributed by atoms with Crippen LogP contribution < -0.4 is 14.8 Å². The summed E-state index contributed by atoms with van der Waals surface area (Å²) in [5, 5.41) is 5.12. The lowest BCUT2D eigenvalue weighted by Gasteiger charge is -2.33. The van der Waals surface area contributed by atoms with Crippen LogP contribution in [0.5, 0.6) is 11.5 Å². The van der Waals surface area contributed by atoms with Gasteiger partial charge in [-0.25, -0.2) is 0 Å². The standard InChI is InChI=1S/C29H34N2O4/c1-19(2)35-26-15-14-22(17-27(26)34-4)20(3)30-28(32)23-11-8-16-31(18-23)29(33)25-13-7-10-21-9-5-6-12-24(21)25/h5-7,9-10,12-15,17,19-20,23H,8,11,16,18H2,1-4H3,(H,30,32). The van der Waals surface area contributed by atoms with Gasteiger partial charge in [-0.15, -0.1) is 0 Å². The third-order valence-electron chi connectivity index (χ3n) is 6.51. The molecule has 0 spiro atoms. The Hall–Kier alpha value is -3.54. The number of hydrogen-bond donors (Lipinski definition) is 1. The summed E-state index contributed by atoms with van der Waals surface area (Å²) in [6.07, 6.45) is 1.61. The maximum absolute atomic E-state index is 13.4. The van der Waals surface area contributed by atoms with Gasteiger partial charge >= 0.3 is 0 Å². The molecule has 6 nitrogen and oxygen atoms in total. The first-order valence-corrected chi connectivity index (χ1v) is 12.3. The lowest BCUT2D eigenvalue weighted by molar-refractivity contribution is -0.127. The van der Waals surface area contributed by atoms with E-state index < -0.39 is 0 Å². The Bertz CT molecular complexity index is 1200. The van der Waals surface area contributed by atoms with Crippen LogP contribution in [0.2, 0.25) is 0 Å². The van der Waals surface area contributed by atoms with Crippen LogP contribution in [0, 0.1) is 5.92 Å². The van der Waals surface area contributed by atoms with E-state index in [1.165, 1.54) is 0 Å². The molecule has 1 aliphatic heterocycles. The summed E-state index contributed by atoms with van der Waals surface area (Å²) in [6, 6.07) is 19.2. The van der Waals surface area contributed by atoms with E-state index in [0.717, 1.165) is 29.2 Å². The first-order valence-electron chi connectivity index (χ1n) is 12.3. The molecule has 1 heterocycles. The lowest BCUT2D eigenvalue weighted by Crippen LogP contribution is -2.45. The third-order valence-corrected chi connectivity index (χ3v) is 6.51. The van der Waals surface area contributed by atoms with Crippen LogP contribution in [-0.4, -0.2) is 43.0 Å². The second-order valence-electron chi connectivity index (χ2n) is 9.42. The number of fused-ring (bicyclic) bond motifs is 1. The van der Waals surface area contributed by atoms with Crippen molar-refractivity contribution in [3.63, 3.8) is 0 Å². The minimum Gasteiger partial charge on any atom is -0.493 e. The number of nitrogens with one attached hydrogen (secondary N) is 1. The molecule has 1 saturated heterocycles. The molecule has 35 heavy (non-hydrogen) atoms. The van der Waals surface area contributed by atoms with Gasteiger partial charge in [0.15, 0.2) is 11.5 Å². The van der Waals surface area contributed by atoms with Crippen molar-refractivity contribution in [2.75, 3.05) is 20.2 Å². The molecular formula is C29H34N2O4. The molecule has 0 bridgehead atoms. The zero-order chi connectivity index (χ0) is 24.9. The van der Waals surface area contributed by atoms with Crippen molar-refractivity contribution in [2.45, 2.75) is 45.8 Å². The average Bonchev–Trinajstić information content (AvgIpc) is 2.87. The summed E-state index contributed by atoms with van der Waals surface area (Å²) in [4.78, 5) is 28.4. The van der Waals surface area contributed by atoms with Crippen LogP contribution in [0.15, 0.2) is 60.7 Å². The van der Waals surface area contributed by atoms with Crippen LogP contribution >= 0.6 is 0 Å². The quantitative estimate of drug-likeness (QED) is 0.500. The molecule has 1 aliphatic rings. The van der Waals surface area contributed by atoms with E-state index in [-0.39, 0.29) is 29.9 Å². The van der Waals surface area contributed by atoms with E-state index >= 15 is 0 Å². The van der Waals surface area contributed by atoms with Crippen LogP contribution in [-0.2, 0) is 4.79 Å². The van der Waals surface area contributed by atoms with Crippen LogP contribution in [0.4, 0.5) is 0 Å². The van der Waals surface area contributed by atoms with E-state index in [4.69, 9.17) is 9.47 Å². The molecule has 0 aromatic heterocycles. The van der Waals surface area contributed by atoms with Gasteiger partial charge in [-0.2, -0.15) is 0 Å². The topological polar surface area (TPSA) is 67.9 Å². The Morgan fingerprint density at radius 2 is 1.77 bits per heavy atom. The first kappa shape index (κ1) is 24.6. The number of rotatable bonds is 7. The predicted octanol–water partition coefficient (Wildman–Crippen LogP) is 5.37. The Kier molecular flexibility index (Phi) is 7.59. The molecule has 1 fully saturated rings. The molecule has 0 radical (unpaired) electrons. The highest BCUT2D eigenvalue weighted by Gasteiger charge is 2.30. The number of hydrogen-bond acceptors (Lipinski definition) is 4. The molecule has 184 valence electrons. The van der Waals surface area contributed by atoms with Crippen LogP contribution in [0.25, 0.3) is 10.8 Å². The van der Waals surface area contributed by atoms with E-state index in [9.17, 15) is 9.59 Å². The molecule has 3 aromatic rings. The van der Waals surface area contributed by atoms with E-state index in [1.54, 1.807) is 7.11 Å². The largest absolute Gasteiger partial charge is 0.493 e. The number of methoxy groups -OCH3 is 1. The average molecular weight is 475 g/mol. The molecule has 3 aromatic carbocycles. The SMILES string of the molecule is COc1cc(C(C)NC(=O)C2CCCN(C(=O)c3cccc4ccccc34)C2)ccc1OC(C)C. The van der Waals surface area contributed by atoms with Gasteiger partial charge in [0.05, 0.1) is 25.2 Å². The van der Waals surface area contributed by atoms with Gasteiger partial charge in [0.2, 0.25) is 5.91 Å². The van der Waals surface area contributed by atoms with Gasteiger partial charge in [0, 0.05) is 18.7 Å². The van der Waals surface area contributed by atoms with Crippen molar-refractivity contribution >= 4 is 22.6 Å². The number of likely N-dealkylation sites (tertiary alicyclic amines) is 1. The first-order chi connectivity index (χ1) is 16.9. The van der Waals surface area contributed by atoms with Gasteiger partial charge in [0.25, 0.3) is 5.91 Å². The van der Waals surface area contributed by atoms with E-state index in [0.29, 0.717) is 30.2 Å². The van der Waals surface area contributed by atoms with Crippen LogP contribution in [0.3, 0.4) is 0 Å². The molecule has 6 heteroatoms. The molecular weight excluding hydrogens is 440 g/mol. The summed E-state index contributed by atoms with van der Waals surface area (Å²) in [5.41, 5.74) is 1.62. The van der Waals surface area contributed by atoms with E-state index in [2.05, 4.69) is 5.32 Å². The summed E-state index contributed by atoms with van der Waals surface area (Å²) < 4.78 is 11.3. The molecule has 2 atom stereocenters. The monoisotopic (exact) mass is 474 g/mol. The number of amides is 2. The fraction of sp³-hybridized carbons (Fsp3) is 0.379. The number of piperidine rings is 1. The number of nitrogens with zero attached hydrogens (tertiary/aromatic N) is 1. The summed E-state index contributed by atoms with van der Waals surface area (Å²) >= 11 is 0. The molecule has 2 amide bonds. The second kappa shape index (κ2) is 10.8. The third kappa shape index (κ3) is 5.59. The minimum absolute atomic E-state index is 0.0159. The maximum Gasteiger partial charge on any atom is 0.254 e. The maximum atomic E-state index is 13.4. The molecule has 1 N–H and O–H groups in total. The Labute approximate surface area is 207 Å². The van der Waals surface area contributed by atoms with Crippen molar-refractivity contribution in [3.8, 4) is 11.5 Å². The van der Waals surface area contributed by atoms with E-state index in [1.807, 2.05) is 86.3 Å². The smallest absolute Gasteiger partial charge is 0.254 e. The Morgan fingerprint density at radius 3 is 2.54 bits per heavy atom. The Balaban J connectivity index is 1.43. The number of benzene rings is 3. The van der Waals surface area contributed by atoms with Crippen molar-refractivity contribution < 1.29 is 19.1 Å². The van der Waals surface area contributed by atoms with Gasteiger partial charge in [-0.3, -0.25) is 9.59 Å². The molecule has 4 rings (SSSR count). The highest BCUT2D eigenvalue weighted by Crippen LogP contribution is 2.31. The zero-order valence-corrected chi connectivity index (χ0v) is 20.9. The summed E-state index contributed by atoms with van der Waals surface area (Å²) in [6.45, 7) is 6.97. The fourth-order valence-corrected chi connectivity index (χ4v) is 4.68. The van der Waals surface area contributed by atoms with Crippen molar-refractivity contribution in [1.82, 2.24) is 10.2 Å². The van der Waals surface area contributed by atoms with Crippen molar-refractivity contribution in [3.05, 3.63) is 71.8 Å². The number of ether oxygens (including phenoxy) is 2. The molecule has 2 unspecified atom stereocenters. The summed E-state index contributed by atoms with van der Waals surface area (Å²) in [5.74, 6) is 1.03. The molecule has 0 saturated carbocycles. The van der Waals surface area contributed by atoms with Crippen LogP contribution in [0.1, 0.15) is 55.6 Å². The van der Waals surface area contributed by atoms with Gasteiger partial charge in [0.1, 0.15) is 0 Å². The minimum atomic E-state index is -0.240. The van der Waals surface area contributed by atoms with Gasteiger partial charge < -0.3 is 19.7 Å². The predicted molar refractivity (Wildman–Crippen MR) is 138 cm³/mol.